The van der Waals surface area contributed by atoms with Crippen molar-refractivity contribution < 1.29 is 23.9 Å². The predicted molar refractivity (Wildman–Crippen MR) is 121 cm³/mol. The summed E-state index contributed by atoms with van der Waals surface area (Å²) in [6, 6.07) is 0. The highest BCUT2D eigenvalue weighted by atomic mass is 16.5. The highest BCUT2D eigenvalue weighted by Gasteiger charge is 2.67. The predicted octanol–water partition coefficient (Wildman–Crippen LogP) is 4.84. The number of carbonyl (C=O) groups is 3. The van der Waals surface area contributed by atoms with Crippen molar-refractivity contribution >= 4 is 17.7 Å². The van der Waals surface area contributed by atoms with Crippen LogP contribution in [-0.4, -0.2) is 31.9 Å². The highest BCUT2D eigenvalue weighted by Crippen LogP contribution is 2.65. The lowest BCUT2D eigenvalue weighted by molar-refractivity contribution is -0.172. The Labute approximate surface area is 186 Å². The first kappa shape index (κ1) is 24.8. The molecule has 0 aromatic carbocycles. The third-order valence-corrected chi connectivity index (χ3v) is 7.54. The zero-order valence-electron chi connectivity index (χ0n) is 19.3. The molecule has 2 fully saturated rings. The molecule has 0 saturated heterocycles. The van der Waals surface area contributed by atoms with Gasteiger partial charge in [0.1, 0.15) is 0 Å². The fourth-order valence-electron chi connectivity index (χ4n) is 6.16. The van der Waals surface area contributed by atoms with E-state index in [2.05, 4.69) is 25.8 Å². The van der Waals surface area contributed by atoms with Crippen molar-refractivity contribution in [2.24, 2.45) is 34.5 Å². The van der Waals surface area contributed by atoms with Crippen LogP contribution in [-0.2, 0) is 23.9 Å². The van der Waals surface area contributed by atoms with E-state index in [-0.39, 0.29) is 23.6 Å². The third kappa shape index (κ3) is 4.07. The molecule has 0 bridgehead atoms. The van der Waals surface area contributed by atoms with E-state index >= 15 is 0 Å². The third-order valence-electron chi connectivity index (χ3n) is 7.54. The summed E-state index contributed by atoms with van der Waals surface area (Å²) in [5.41, 5.74) is -0.796. The maximum absolute atomic E-state index is 13.1. The minimum absolute atomic E-state index is 0.0379. The van der Waals surface area contributed by atoms with Crippen molar-refractivity contribution in [3.05, 3.63) is 49.6 Å². The number of rotatable bonds is 9. The Bertz CT molecular complexity index is 790. The molecule has 5 heteroatoms. The van der Waals surface area contributed by atoms with Gasteiger partial charge >= 0.3 is 11.9 Å². The average molecular weight is 429 g/mol. The molecule has 0 aliphatic heterocycles. The number of carbonyl (C=O) groups excluding carboxylic acids is 3. The molecule has 0 radical (unpaired) electrons. The molecule has 0 N–H and O–H groups in total. The Morgan fingerprint density at radius 2 is 1.45 bits per heavy atom. The quantitative estimate of drug-likeness (QED) is 0.299. The van der Waals surface area contributed by atoms with Gasteiger partial charge in [0.25, 0.3) is 0 Å². The lowest BCUT2D eigenvalue weighted by Gasteiger charge is -2.52. The van der Waals surface area contributed by atoms with Crippen LogP contribution in [0.2, 0.25) is 0 Å². The first-order chi connectivity index (χ1) is 14.7. The van der Waals surface area contributed by atoms with Gasteiger partial charge in [0.05, 0.1) is 25.0 Å². The Morgan fingerprint density at radius 3 is 1.87 bits per heavy atom. The average Bonchev–Trinajstić information content (AvgIpc) is 3.17. The molecular formula is C26H36O5. The summed E-state index contributed by atoms with van der Waals surface area (Å²) in [5, 5.41) is 0. The first-order valence-corrected chi connectivity index (χ1v) is 10.9. The topological polar surface area (TPSA) is 69.7 Å². The number of allylic oxidation sites excluding steroid dienone is 3. The van der Waals surface area contributed by atoms with Crippen LogP contribution in [0.25, 0.3) is 0 Å². The Hall–Kier alpha value is -2.43. The van der Waals surface area contributed by atoms with Crippen molar-refractivity contribution in [1.82, 2.24) is 0 Å². The molecule has 5 nitrogen and oxygen atoms in total. The molecule has 0 spiro atoms. The van der Waals surface area contributed by atoms with Crippen molar-refractivity contribution in [3.8, 4) is 0 Å². The minimum atomic E-state index is -1.05. The van der Waals surface area contributed by atoms with Gasteiger partial charge in [-0.2, -0.15) is 0 Å². The molecular weight excluding hydrogens is 392 g/mol. The highest BCUT2D eigenvalue weighted by molar-refractivity contribution is 5.93. The van der Waals surface area contributed by atoms with Gasteiger partial charge < -0.3 is 9.47 Å². The van der Waals surface area contributed by atoms with E-state index in [1.807, 2.05) is 13.8 Å². The second-order valence-electron chi connectivity index (χ2n) is 9.09. The van der Waals surface area contributed by atoms with E-state index in [1.54, 1.807) is 12.2 Å². The van der Waals surface area contributed by atoms with Crippen LogP contribution in [0.3, 0.4) is 0 Å². The zero-order valence-corrected chi connectivity index (χ0v) is 19.3. The zero-order chi connectivity index (χ0) is 23.4. The molecule has 2 saturated carbocycles. The number of hydrogen-bond donors (Lipinski definition) is 0. The van der Waals surface area contributed by atoms with Gasteiger partial charge in [-0.25, -0.2) is 0 Å². The van der Waals surface area contributed by atoms with Gasteiger partial charge in [0, 0.05) is 5.92 Å². The molecule has 2 rings (SSSR count). The smallest absolute Gasteiger partial charge is 0.315 e. The SMILES string of the molecule is C=CC(=O)[C@@H]1C[C@H](CCC=C(C)C)[C@@H]2[C@H]1[C@@](C=C)(C(=O)OC)CC[C@@]2(C=C)C(=O)OC. The number of hydrogen-bond acceptors (Lipinski definition) is 5. The Balaban J connectivity index is 2.71. The van der Waals surface area contributed by atoms with Crippen LogP contribution in [0.5, 0.6) is 0 Å². The summed E-state index contributed by atoms with van der Waals surface area (Å²) in [5.74, 6) is -2.02. The molecule has 31 heavy (non-hydrogen) atoms. The maximum atomic E-state index is 13.1. The van der Waals surface area contributed by atoms with Crippen LogP contribution >= 0.6 is 0 Å². The lowest BCUT2D eigenvalue weighted by atomic mass is 9.50. The lowest BCUT2D eigenvalue weighted by Crippen LogP contribution is -2.55. The maximum Gasteiger partial charge on any atom is 0.315 e. The van der Waals surface area contributed by atoms with E-state index in [0.29, 0.717) is 19.3 Å². The van der Waals surface area contributed by atoms with Gasteiger partial charge in [0.15, 0.2) is 5.78 Å². The second kappa shape index (κ2) is 9.80. The van der Waals surface area contributed by atoms with Crippen LogP contribution in [0, 0.1) is 34.5 Å². The van der Waals surface area contributed by atoms with Crippen molar-refractivity contribution in [3.63, 3.8) is 0 Å². The molecule has 0 aromatic heterocycles. The van der Waals surface area contributed by atoms with E-state index in [1.165, 1.54) is 25.9 Å². The molecule has 0 unspecified atom stereocenters. The van der Waals surface area contributed by atoms with Crippen molar-refractivity contribution in [2.75, 3.05) is 14.2 Å². The minimum Gasteiger partial charge on any atom is -0.468 e. The molecule has 2 aliphatic carbocycles. The molecule has 170 valence electrons. The fourth-order valence-corrected chi connectivity index (χ4v) is 6.16. The number of ether oxygens (including phenoxy) is 2. The second-order valence-corrected chi connectivity index (χ2v) is 9.09. The summed E-state index contributed by atoms with van der Waals surface area (Å²) >= 11 is 0. The van der Waals surface area contributed by atoms with Crippen LogP contribution in [0.4, 0.5) is 0 Å². The summed E-state index contributed by atoms with van der Waals surface area (Å²) in [4.78, 5) is 39.2. The van der Waals surface area contributed by atoms with Gasteiger partial charge in [0.2, 0.25) is 0 Å². The van der Waals surface area contributed by atoms with Gasteiger partial charge in [-0.15, -0.1) is 13.2 Å². The molecule has 0 aromatic rings. The van der Waals surface area contributed by atoms with E-state index in [0.717, 1.165) is 12.8 Å². The standard InChI is InChI=1S/C26H36O5/c1-8-20(27)19-16-18(13-11-12-17(4)5)21-22(19)26(10-3,24(29)31-7)15-14-25(21,9-2)23(28)30-6/h8-10,12,18-19,21-22H,1-3,11,13-16H2,4-7H3/t18-,19-,21+,22-,25+,26-/m0/s1. The van der Waals surface area contributed by atoms with Crippen molar-refractivity contribution in [2.45, 2.75) is 46.0 Å². The summed E-state index contributed by atoms with van der Waals surface area (Å²) < 4.78 is 10.4. The summed E-state index contributed by atoms with van der Waals surface area (Å²) in [6.45, 7) is 15.7. The first-order valence-electron chi connectivity index (χ1n) is 10.9. The molecule has 6 atom stereocenters. The van der Waals surface area contributed by atoms with Crippen molar-refractivity contribution in [1.29, 1.82) is 0 Å². The van der Waals surface area contributed by atoms with E-state index in [4.69, 9.17) is 9.47 Å². The summed E-state index contributed by atoms with van der Waals surface area (Å²) in [6.07, 6.45) is 9.73. The van der Waals surface area contributed by atoms with Crippen LogP contribution < -0.4 is 0 Å². The van der Waals surface area contributed by atoms with Crippen LogP contribution in [0.15, 0.2) is 49.6 Å². The normalized spacial score (nSPS) is 34.1. The van der Waals surface area contributed by atoms with Gasteiger partial charge in [-0.3, -0.25) is 14.4 Å². The number of esters is 2. The molecule has 2 aliphatic rings. The molecule has 0 heterocycles. The Kier molecular flexibility index (Phi) is 7.85. The van der Waals surface area contributed by atoms with E-state index in [9.17, 15) is 14.4 Å². The number of ketones is 1. The number of methoxy groups -OCH3 is 2. The number of fused-ring (bicyclic) bond motifs is 1. The van der Waals surface area contributed by atoms with Gasteiger partial charge in [-0.05, 0) is 69.8 Å². The monoisotopic (exact) mass is 428 g/mol. The fraction of sp³-hybridized carbons (Fsp3) is 0.577. The molecule has 0 amide bonds. The summed E-state index contributed by atoms with van der Waals surface area (Å²) in [7, 11) is 2.72. The largest absolute Gasteiger partial charge is 0.468 e. The van der Waals surface area contributed by atoms with Gasteiger partial charge in [-0.1, -0.05) is 30.4 Å². The van der Waals surface area contributed by atoms with E-state index < -0.39 is 28.6 Å². The Morgan fingerprint density at radius 1 is 0.935 bits per heavy atom. The van der Waals surface area contributed by atoms with Crippen LogP contribution in [0.1, 0.15) is 46.0 Å².